The number of amides is 3. The lowest BCUT2D eigenvalue weighted by Gasteiger charge is -2.42. The molecular weight excluding hydrogens is 488 g/mol. The summed E-state index contributed by atoms with van der Waals surface area (Å²) in [6.45, 7) is 4.72. The number of aliphatic carboxylic acids is 1. The predicted molar refractivity (Wildman–Crippen MR) is 137 cm³/mol. The number of hydrogen-bond donors (Lipinski definition) is 5. The average Bonchev–Trinajstić information content (AvgIpc) is 3.38. The highest BCUT2D eigenvalue weighted by Gasteiger charge is 2.62. The number of unbranched alkanes of at least 4 members (excludes halogenated alkanes) is 2. The Labute approximate surface area is 217 Å². The van der Waals surface area contributed by atoms with Crippen molar-refractivity contribution in [2.24, 2.45) is 16.9 Å². The minimum atomic E-state index is -2.28. The molecule has 36 heavy (non-hydrogen) atoms. The number of ether oxygens (including phenoxy) is 2. The van der Waals surface area contributed by atoms with Crippen LogP contribution in [-0.4, -0.2) is 83.9 Å². The summed E-state index contributed by atoms with van der Waals surface area (Å²) >= 11 is 1.79. The second-order valence-electron chi connectivity index (χ2n) is 9.50. The lowest BCUT2D eigenvalue weighted by Crippen LogP contribution is -2.69. The van der Waals surface area contributed by atoms with Crippen LogP contribution in [0.5, 0.6) is 0 Å². The number of carboxylic acid groups (broad SMARTS) is 1. The van der Waals surface area contributed by atoms with E-state index in [0.717, 1.165) is 12.2 Å². The van der Waals surface area contributed by atoms with Gasteiger partial charge in [-0.3, -0.25) is 14.4 Å². The Morgan fingerprint density at radius 3 is 2.44 bits per heavy atom. The zero-order valence-electron chi connectivity index (χ0n) is 21.4. The fourth-order valence-electron chi connectivity index (χ4n) is 5.10. The normalized spacial score (nSPS) is 24.3. The van der Waals surface area contributed by atoms with Crippen molar-refractivity contribution >= 4 is 35.5 Å². The second kappa shape index (κ2) is 14.2. The van der Waals surface area contributed by atoms with Crippen LogP contribution in [-0.2, 0) is 23.9 Å². The van der Waals surface area contributed by atoms with Crippen LogP contribution in [0.2, 0.25) is 0 Å². The number of nitrogens with one attached hydrogen (secondary N) is 2. The van der Waals surface area contributed by atoms with Gasteiger partial charge >= 0.3 is 12.0 Å². The first-order valence-electron chi connectivity index (χ1n) is 12.8. The zero-order valence-corrected chi connectivity index (χ0v) is 22.2. The van der Waals surface area contributed by atoms with E-state index in [1.165, 1.54) is 0 Å². The van der Waals surface area contributed by atoms with Crippen molar-refractivity contribution in [1.82, 2.24) is 10.6 Å². The van der Waals surface area contributed by atoms with Gasteiger partial charge in [-0.25, -0.2) is 4.79 Å². The number of hydrogen-bond acceptors (Lipinski definition) is 8. The molecule has 0 radical (unpaired) electrons. The Bertz CT molecular complexity index is 770. The number of urea groups is 1. The first-order valence-corrected chi connectivity index (χ1v) is 13.9. The fraction of sp³-hybridized carbons (Fsp3) is 0.833. The molecule has 0 aromatic rings. The van der Waals surface area contributed by atoms with Crippen molar-refractivity contribution in [3.63, 3.8) is 0 Å². The molecule has 206 valence electrons. The van der Waals surface area contributed by atoms with E-state index in [0.29, 0.717) is 38.9 Å². The standard InChI is InChI=1S/C24H42N4O7S/c1-3-5-10-24(26,23(20(25)30,21(31)32)11-12-35-14-13-34-4-2)18(29)9-7-6-8-17-19-16(15-36-17)27-22(33)28-19/h16-17,19H,3-15,26H2,1-2H3,(H2,25,30)(H,31,32)(H2,27,28,33)/t16-,17-,19-,23?,24?/m0/s1. The maximum Gasteiger partial charge on any atom is 0.321 e. The molecular formula is C24H42N4O7S. The molecule has 2 aliphatic rings. The van der Waals surface area contributed by atoms with Gasteiger partial charge in [0.25, 0.3) is 0 Å². The zero-order chi connectivity index (χ0) is 26.8. The molecule has 11 nitrogen and oxygen atoms in total. The average molecular weight is 531 g/mol. The minimum Gasteiger partial charge on any atom is -0.480 e. The largest absolute Gasteiger partial charge is 0.480 e. The van der Waals surface area contributed by atoms with Crippen LogP contribution in [0.15, 0.2) is 0 Å². The topological polar surface area (TPSA) is 183 Å². The molecule has 0 bridgehead atoms. The van der Waals surface area contributed by atoms with Crippen molar-refractivity contribution in [1.29, 1.82) is 0 Å². The highest BCUT2D eigenvalue weighted by Crippen LogP contribution is 2.40. The van der Waals surface area contributed by atoms with Crippen molar-refractivity contribution < 1.29 is 33.8 Å². The molecule has 2 fully saturated rings. The van der Waals surface area contributed by atoms with Crippen LogP contribution in [0, 0.1) is 5.41 Å². The molecule has 0 aromatic carbocycles. The van der Waals surface area contributed by atoms with Crippen LogP contribution in [0.1, 0.15) is 65.2 Å². The summed E-state index contributed by atoms with van der Waals surface area (Å²) in [5, 5.41) is 16.3. The van der Waals surface area contributed by atoms with E-state index in [-0.39, 0.29) is 55.8 Å². The number of primary amides is 1. The number of thioether (sulfide) groups is 1. The van der Waals surface area contributed by atoms with Gasteiger partial charge in [-0.2, -0.15) is 11.8 Å². The van der Waals surface area contributed by atoms with Gasteiger partial charge in [0.2, 0.25) is 5.91 Å². The van der Waals surface area contributed by atoms with Gasteiger partial charge in [-0.1, -0.05) is 26.2 Å². The SMILES string of the molecule is CCCCC(N)(C(=O)CCCC[C@@H]1SC[C@@H]2NC(=O)N[C@@H]21)C(CCOCCOCC)(C(N)=O)C(=O)O. The predicted octanol–water partition coefficient (Wildman–Crippen LogP) is 1.17. The summed E-state index contributed by atoms with van der Waals surface area (Å²) in [5.41, 5.74) is 8.02. The number of nitrogens with two attached hydrogens (primary N) is 2. The van der Waals surface area contributed by atoms with E-state index in [9.17, 15) is 24.3 Å². The summed E-state index contributed by atoms with van der Waals surface area (Å²) in [6.07, 6.45) is 2.95. The van der Waals surface area contributed by atoms with E-state index in [1.807, 2.05) is 13.8 Å². The van der Waals surface area contributed by atoms with Gasteiger partial charge in [0, 0.05) is 30.6 Å². The molecule has 2 saturated heterocycles. The van der Waals surface area contributed by atoms with E-state index >= 15 is 0 Å². The Hall–Kier alpha value is -1.89. The number of carbonyl (C=O) groups is 4. The molecule has 0 spiro atoms. The Morgan fingerprint density at radius 1 is 1.08 bits per heavy atom. The maximum atomic E-state index is 13.5. The van der Waals surface area contributed by atoms with E-state index in [1.54, 1.807) is 11.8 Å². The molecule has 2 heterocycles. The van der Waals surface area contributed by atoms with E-state index < -0.39 is 28.6 Å². The molecule has 2 unspecified atom stereocenters. The van der Waals surface area contributed by atoms with Crippen molar-refractivity contribution in [2.45, 2.75) is 88.1 Å². The number of Topliss-reactive ketones (excluding diaryl/α,β-unsaturated/α-hetero) is 1. The van der Waals surface area contributed by atoms with Crippen molar-refractivity contribution in [3.05, 3.63) is 0 Å². The first-order chi connectivity index (χ1) is 17.1. The van der Waals surface area contributed by atoms with E-state index in [2.05, 4.69) is 10.6 Å². The van der Waals surface area contributed by atoms with Gasteiger partial charge < -0.3 is 36.7 Å². The Balaban J connectivity index is 2.06. The molecule has 3 amide bonds. The monoisotopic (exact) mass is 530 g/mol. The number of carbonyl (C=O) groups excluding carboxylic acids is 3. The third kappa shape index (κ3) is 6.90. The number of rotatable bonds is 19. The lowest BCUT2D eigenvalue weighted by atomic mass is 9.62. The number of carboxylic acids is 1. The third-order valence-corrected chi connectivity index (χ3v) is 8.76. The van der Waals surface area contributed by atoms with E-state index in [4.69, 9.17) is 20.9 Å². The highest BCUT2D eigenvalue weighted by molar-refractivity contribution is 8.00. The minimum absolute atomic E-state index is 0.0381. The Morgan fingerprint density at radius 2 is 1.81 bits per heavy atom. The molecule has 2 rings (SSSR count). The van der Waals surface area contributed by atoms with Gasteiger partial charge in [0.15, 0.2) is 11.2 Å². The van der Waals surface area contributed by atoms with Gasteiger partial charge in [0.05, 0.1) is 25.3 Å². The van der Waals surface area contributed by atoms with Crippen LogP contribution in [0.25, 0.3) is 0 Å². The molecule has 0 aromatic heterocycles. The molecule has 5 atom stereocenters. The quantitative estimate of drug-likeness (QED) is 0.0929. The smallest absolute Gasteiger partial charge is 0.321 e. The second-order valence-corrected chi connectivity index (χ2v) is 10.8. The van der Waals surface area contributed by atoms with Gasteiger partial charge in [-0.15, -0.1) is 0 Å². The summed E-state index contributed by atoms with van der Waals surface area (Å²) in [7, 11) is 0. The molecule has 0 aliphatic carbocycles. The lowest BCUT2D eigenvalue weighted by molar-refractivity contribution is -0.166. The van der Waals surface area contributed by atoms with Crippen LogP contribution in [0.3, 0.4) is 0 Å². The van der Waals surface area contributed by atoms with Crippen molar-refractivity contribution in [2.75, 3.05) is 32.2 Å². The summed E-state index contributed by atoms with van der Waals surface area (Å²) in [6, 6.07) is 0.0589. The third-order valence-electron chi connectivity index (χ3n) is 7.25. The first kappa shape index (κ1) is 30.3. The maximum absolute atomic E-state index is 13.5. The van der Waals surface area contributed by atoms with Gasteiger partial charge in [-0.05, 0) is 32.6 Å². The molecule has 2 aliphatic heterocycles. The number of fused-ring (bicyclic) bond motifs is 1. The summed E-state index contributed by atoms with van der Waals surface area (Å²) in [5.74, 6) is -2.26. The number of ketones is 1. The van der Waals surface area contributed by atoms with Crippen LogP contribution >= 0.6 is 11.8 Å². The fourth-order valence-corrected chi connectivity index (χ4v) is 6.65. The Kier molecular flexibility index (Phi) is 11.9. The van der Waals surface area contributed by atoms with Crippen molar-refractivity contribution in [3.8, 4) is 0 Å². The van der Waals surface area contributed by atoms with Crippen LogP contribution in [0.4, 0.5) is 4.79 Å². The summed E-state index contributed by atoms with van der Waals surface area (Å²) < 4.78 is 10.7. The van der Waals surface area contributed by atoms with Gasteiger partial charge in [0.1, 0.15) is 5.54 Å². The molecule has 7 N–H and O–H groups in total. The highest BCUT2D eigenvalue weighted by atomic mass is 32.2. The van der Waals surface area contributed by atoms with Crippen LogP contribution < -0.4 is 22.1 Å². The molecule has 0 saturated carbocycles. The summed E-state index contributed by atoms with van der Waals surface area (Å²) in [4.78, 5) is 50.3. The molecule has 12 heteroatoms.